The van der Waals surface area contributed by atoms with Crippen LogP contribution in [0.4, 0.5) is 4.39 Å². The number of ether oxygens (including phenoxy) is 1. The van der Waals surface area contributed by atoms with E-state index in [1.165, 1.54) is 6.07 Å². The van der Waals surface area contributed by atoms with Crippen molar-refractivity contribution in [1.82, 2.24) is 0 Å². The molecular weight excluding hydrogens is 323 g/mol. The van der Waals surface area contributed by atoms with Crippen molar-refractivity contribution in [2.75, 3.05) is 13.7 Å². The number of methoxy groups -OCH3 is 1. The van der Waals surface area contributed by atoms with Gasteiger partial charge < -0.3 is 9.84 Å². The van der Waals surface area contributed by atoms with Crippen LogP contribution >= 0.6 is 15.9 Å². The van der Waals surface area contributed by atoms with Crippen molar-refractivity contribution in [2.24, 2.45) is 0 Å². The molecule has 0 aliphatic carbocycles. The van der Waals surface area contributed by atoms with E-state index in [-0.39, 0.29) is 18.3 Å². The third kappa shape index (κ3) is 3.38. The third-order valence-corrected chi connectivity index (χ3v) is 3.77. The van der Waals surface area contributed by atoms with Crippen LogP contribution in [0.3, 0.4) is 0 Å². The second-order valence-corrected chi connectivity index (χ2v) is 5.48. The summed E-state index contributed by atoms with van der Waals surface area (Å²) in [5, 5.41) is 9.58. The molecule has 1 N–H and O–H groups in total. The van der Waals surface area contributed by atoms with Crippen molar-refractivity contribution in [2.45, 2.75) is 12.3 Å². The molecule has 0 saturated heterocycles. The Labute approximate surface area is 126 Å². The Bertz CT molecular complexity index is 586. The Morgan fingerprint density at radius 1 is 1.25 bits per heavy atom. The SMILES string of the molecule is COc1ccc(Br)cc1CC(CO)c1ccccc1F. The van der Waals surface area contributed by atoms with Gasteiger partial charge in [0.1, 0.15) is 11.6 Å². The summed E-state index contributed by atoms with van der Waals surface area (Å²) in [4.78, 5) is 0. The van der Waals surface area contributed by atoms with Crippen molar-refractivity contribution in [3.8, 4) is 5.75 Å². The molecule has 0 spiro atoms. The van der Waals surface area contributed by atoms with Crippen LogP contribution in [0, 0.1) is 5.82 Å². The lowest BCUT2D eigenvalue weighted by atomic mass is 9.92. The maximum atomic E-state index is 13.8. The van der Waals surface area contributed by atoms with Crippen LogP contribution in [-0.4, -0.2) is 18.8 Å². The Hall–Kier alpha value is -1.39. The van der Waals surface area contributed by atoms with E-state index in [2.05, 4.69) is 15.9 Å². The van der Waals surface area contributed by atoms with E-state index in [4.69, 9.17) is 4.74 Å². The molecule has 0 amide bonds. The second kappa shape index (κ2) is 6.86. The minimum absolute atomic E-state index is 0.114. The minimum atomic E-state index is -0.292. The van der Waals surface area contributed by atoms with Gasteiger partial charge in [-0.1, -0.05) is 34.1 Å². The Balaban J connectivity index is 2.31. The molecule has 2 aromatic carbocycles. The molecule has 0 fully saturated rings. The first kappa shape index (κ1) is 15.0. The summed E-state index contributed by atoms with van der Waals surface area (Å²) in [6, 6.07) is 12.2. The summed E-state index contributed by atoms with van der Waals surface area (Å²) in [7, 11) is 1.60. The Morgan fingerprint density at radius 3 is 2.65 bits per heavy atom. The molecule has 20 heavy (non-hydrogen) atoms. The molecule has 0 aromatic heterocycles. The maximum absolute atomic E-state index is 13.8. The summed E-state index contributed by atoms with van der Waals surface area (Å²) in [5.41, 5.74) is 1.46. The minimum Gasteiger partial charge on any atom is -0.496 e. The molecule has 0 bridgehead atoms. The largest absolute Gasteiger partial charge is 0.496 e. The van der Waals surface area contributed by atoms with E-state index in [1.807, 2.05) is 18.2 Å². The molecule has 2 aromatic rings. The van der Waals surface area contributed by atoms with E-state index < -0.39 is 0 Å². The van der Waals surface area contributed by atoms with E-state index >= 15 is 0 Å². The third-order valence-electron chi connectivity index (χ3n) is 3.27. The zero-order valence-corrected chi connectivity index (χ0v) is 12.7. The summed E-state index contributed by atoms with van der Waals surface area (Å²) in [5.74, 6) is 0.155. The zero-order valence-electron chi connectivity index (χ0n) is 11.1. The average molecular weight is 339 g/mol. The molecule has 0 heterocycles. The molecule has 0 radical (unpaired) electrons. The molecule has 106 valence electrons. The van der Waals surface area contributed by atoms with E-state index in [0.29, 0.717) is 12.0 Å². The molecule has 1 atom stereocenters. The topological polar surface area (TPSA) is 29.5 Å². The molecule has 1 unspecified atom stereocenters. The van der Waals surface area contributed by atoms with Gasteiger partial charge in [0, 0.05) is 10.4 Å². The lowest BCUT2D eigenvalue weighted by molar-refractivity contribution is 0.261. The van der Waals surface area contributed by atoms with Crippen molar-refractivity contribution in [3.63, 3.8) is 0 Å². The van der Waals surface area contributed by atoms with Crippen LogP contribution in [0.1, 0.15) is 17.0 Å². The first-order valence-electron chi connectivity index (χ1n) is 6.33. The number of halogens is 2. The highest BCUT2D eigenvalue weighted by Crippen LogP contribution is 2.29. The Kier molecular flexibility index (Phi) is 5.15. The quantitative estimate of drug-likeness (QED) is 0.895. The number of aliphatic hydroxyl groups excluding tert-OH is 1. The molecule has 0 saturated carbocycles. The number of aliphatic hydroxyl groups is 1. The first-order valence-corrected chi connectivity index (χ1v) is 7.12. The van der Waals surface area contributed by atoms with Crippen molar-refractivity contribution >= 4 is 15.9 Å². The van der Waals surface area contributed by atoms with E-state index in [1.54, 1.807) is 25.3 Å². The van der Waals surface area contributed by atoms with Crippen LogP contribution in [0.2, 0.25) is 0 Å². The normalized spacial score (nSPS) is 12.2. The highest BCUT2D eigenvalue weighted by Gasteiger charge is 2.17. The second-order valence-electron chi connectivity index (χ2n) is 4.56. The smallest absolute Gasteiger partial charge is 0.126 e. The highest BCUT2D eigenvalue weighted by molar-refractivity contribution is 9.10. The monoisotopic (exact) mass is 338 g/mol. The van der Waals surface area contributed by atoms with Crippen LogP contribution in [-0.2, 0) is 6.42 Å². The van der Waals surface area contributed by atoms with Gasteiger partial charge in [0.05, 0.1) is 13.7 Å². The van der Waals surface area contributed by atoms with Gasteiger partial charge >= 0.3 is 0 Å². The van der Waals surface area contributed by atoms with E-state index in [0.717, 1.165) is 15.8 Å². The fourth-order valence-electron chi connectivity index (χ4n) is 2.25. The molecular formula is C16H16BrFO2. The maximum Gasteiger partial charge on any atom is 0.126 e. The molecule has 0 aliphatic heterocycles. The van der Waals surface area contributed by atoms with Gasteiger partial charge in [0.15, 0.2) is 0 Å². The lowest BCUT2D eigenvalue weighted by Gasteiger charge is -2.17. The zero-order chi connectivity index (χ0) is 14.5. The standard InChI is InChI=1S/C16H16BrFO2/c1-20-16-7-6-13(17)9-11(16)8-12(10-19)14-4-2-3-5-15(14)18/h2-7,9,12,19H,8,10H2,1H3. The summed E-state index contributed by atoms with van der Waals surface area (Å²) in [6.07, 6.45) is 0.514. The number of benzene rings is 2. The summed E-state index contributed by atoms with van der Waals surface area (Å²) < 4.78 is 20.1. The van der Waals surface area contributed by atoms with Crippen molar-refractivity contribution in [3.05, 3.63) is 63.9 Å². The van der Waals surface area contributed by atoms with Gasteiger partial charge in [0.25, 0.3) is 0 Å². The van der Waals surface area contributed by atoms with Gasteiger partial charge in [-0.15, -0.1) is 0 Å². The van der Waals surface area contributed by atoms with Gasteiger partial charge in [-0.05, 0) is 41.8 Å². The Morgan fingerprint density at radius 2 is 2.00 bits per heavy atom. The molecule has 4 heteroatoms. The van der Waals surface area contributed by atoms with Crippen molar-refractivity contribution in [1.29, 1.82) is 0 Å². The van der Waals surface area contributed by atoms with Gasteiger partial charge in [-0.3, -0.25) is 0 Å². The predicted octanol–water partition coefficient (Wildman–Crippen LogP) is 3.92. The first-order chi connectivity index (χ1) is 9.65. The number of rotatable bonds is 5. The van der Waals surface area contributed by atoms with Gasteiger partial charge in [-0.25, -0.2) is 4.39 Å². The van der Waals surface area contributed by atoms with Crippen molar-refractivity contribution < 1.29 is 14.2 Å². The van der Waals surface area contributed by atoms with Crippen LogP contribution < -0.4 is 4.74 Å². The molecule has 2 rings (SSSR count). The fraction of sp³-hybridized carbons (Fsp3) is 0.250. The molecule has 0 aliphatic rings. The van der Waals surface area contributed by atoms with E-state index in [9.17, 15) is 9.50 Å². The van der Waals surface area contributed by atoms with Crippen LogP contribution in [0.15, 0.2) is 46.9 Å². The fourth-order valence-corrected chi connectivity index (χ4v) is 2.66. The predicted molar refractivity (Wildman–Crippen MR) is 80.6 cm³/mol. The van der Waals surface area contributed by atoms with Crippen LogP contribution in [0.5, 0.6) is 5.75 Å². The summed E-state index contributed by atoms with van der Waals surface area (Å²) in [6.45, 7) is -0.114. The van der Waals surface area contributed by atoms with Gasteiger partial charge in [0.2, 0.25) is 0 Å². The highest BCUT2D eigenvalue weighted by atomic mass is 79.9. The van der Waals surface area contributed by atoms with Gasteiger partial charge in [-0.2, -0.15) is 0 Å². The number of hydrogen-bond donors (Lipinski definition) is 1. The average Bonchev–Trinajstić information content (AvgIpc) is 2.46. The van der Waals surface area contributed by atoms with Crippen LogP contribution in [0.25, 0.3) is 0 Å². The molecule has 2 nitrogen and oxygen atoms in total. The summed E-state index contributed by atoms with van der Waals surface area (Å²) >= 11 is 3.42. The number of hydrogen-bond acceptors (Lipinski definition) is 2. The lowest BCUT2D eigenvalue weighted by Crippen LogP contribution is -2.10.